The summed E-state index contributed by atoms with van der Waals surface area (Å²) in [6, 6.07) is 14.6. The van der Waals surface area contributed by atoms with Crippen molar-refractivity contribution in [3.63, 3.8) is 0 Å². The zero-order chi connectivity index (χ0) is 14.8. The van der Waals surface area contributed by atoms with E-state index in [9.17, 15) is 4.79 Å². The molecule has 0 fully saturated rings. The van der Waals surface area contributed by atoms with Crippen LogP contribution in [0.1, 0.15) is 0 Å². The van der Waals surface area contributed by atoms with E-state index in [1.165, 1.54) is 0 Å². The van der Waals surface area contributed by atoms with Crippen LogP contribution in [-0.2, 0) is 11.3 Å². The van der Waals surface area contributed by atoms with Crippen LogP contribution in [0.3, 0.4) is 0 Å². The largest absolute Gasteiger partial charge is 0.338 e. The average molecular weight is 319 g/mol. The zero-order valence-electron chi connectivity index (χ0n) is 11.0. The first-order valence-electron chi connectivity index (χ1n) is 6.42. The van der Waals surface area contributed by atoms with Crippen molar-refractivity contribution in [3.8, 4) is 0 Å². The highest BCUT2D eigenvalue weighted by atomic mass is 35.5. The Hall–Kier alpha value is -1.97. The van der Waals surface area contributed by atoms with Gasteiger partial charge < -0.3 is 9.88 Å². The number of halogens is 2. The Morgan fingerprint density at radius 1 is 1.00 bits per heavy atom. The molecule has 1 heterocycles. The van der Waals surface area contributed by atoms with Crippen LogP contribution in [-0.4, -0.2) is 10.5 Å². The van der Waals surface area contributed by atoms with Crippen molar-refractivity contribution in [3.05, 3.63) is 64.8 Å². The summed E-state index contributed by atoms with van der Waals surface area (Å²) in [5.74, 6) is -0.0928. The Morgan fingerprint density at radius 3 is 2.48 bits per heavy atom. The third-order valence-electron chi connectivity index (χ3n) is 3.17. The molecule has 0 spiro atoms. The third kappa shape index (κ3) is 3.20. The molecule has 2 aromatic carbocycles. The first-order chi connectivity index (χ1) is 10.1. The quantitative estimate of drug-likeness (QED) is 0.753. The van der Waals surface area contributed by atoms with Crippen molar-refractivity contribution in [1.29, 1.82) is 0 Å². The lowest BCUT2D eigenvalue weighted by Gasteiger charge is -2.07. The number of aromatic nitrogens is 1. The second-order valence-corrected chi connectivity index (χ2v) is 5.57. The van der Waals surface area contributed by atoms with Crippen LogP contribution in [0.5, 0.6) is 0 Å². The number of hydrogen-bond donors (Lipinski definition) is 1. The SMILES string of the molecule is O=C(Cn1ccc2cc(Cl)ccc21)Nc1ccc(Cl)cc1. The van der Waals surface area contributed by atoms with Gasteiger partial charge in [-0.05, 0) is 48.5 Å². The number of amides is 1. The van der Waals surface area contributed by atoms with Gasteiger partial charge in [0, 0.05) is 32.8 Å². The van der Waals surface area contributed by atoms with Gasteiger partial charge in [0.25, 0.3) is 0 Å². The fraction of sp³-hybridized carbons (Fsp3) is 0.0625. The number of carbonyl (C=O) groups is 1. The molecule has 1 amide bonds. The molecule has 0 saturated heterocycles. The lowest BCUT2D eigenvalue weighted by Crippen LogP contribution is -2.18. The Labute approximate surface area is 132 Å². The predicted molar refractivity (Wildman–Crippen MR) is 87.0 cm³/mol. The maximum atomic E-state index is 12.1. The topological polar surface area (TPSA) is 34.0 Å². The van der Waals surface area contributed by atoms with E-state index >= 15 is 0 Å². The molecule has 3 nitrogen and oxygen atoms in total. The number of nitrogens with one attached hydrogen (secondary N) is 1. The average Bonchev–Trinajstić information content (AvgIpc) is 2.83. The standard InChI is InChI=1S/C16H12Cl2N2O/c17-12-1-4-14(5-2-12)19-16(21)10-20-8-7-11-9-13(18)3-6-15(11)20/h1-9H,10H2,(H,19,21). The van der Waals surface area contributed by atoms with E-state index in [-0.39, 0.29) is 12.5 Å². The lowest BCUT2D eigenvalue weighted by atomic mass is 10.2. The monoisotopic (exact) mass is 318 g/mol. The maximum Gasteiger partial charge on any atom is 0.244 e. The van der Waals surface area contributed by atoms with Gasteiger partial charge in [0.2, 0.25) is 5.91 Å². The molecule has 0 aliphatic rings. The van der Waals surface area contributed by atoms with Gasteiger partial charge in [0.1, 0.15) is 6.54 Å². The summed E-state index contributed by atoms with van der Waals surface area (Å²) >= 11 is 11.8. The van der Waals surface area contributed by atoms with E-state index < -0.39 is 0 Å². The molecular weight excluding hydrogens is 307 g/mol. The highest BCUT2D eigenvalue weighted by molar-refractivity contribution is 6.31. The summed E-state index contributed by atoms with van der Waals surface area (Å²) in [4.78, 5) is 12.1. The molecule has 106 valence electrons. The molecule has 0 saturated carbocycles. The molecule has 3 aromatic rings. The second kappa shape index (κ2) is 5.80. The molecule has 0 bridgehead atoms. The normalized spacial score (nSPS) is 10.8. The first-order valence-corrected chi connectivity index (χ1v) is 7.17. The molecule has 5 heteroatoms. The van der Waals surface area contributed by atoms with Crippen LogP contribution >= 0.6 is 23.2 Å². The van der Waals surface area contributed by atoms with Crippen molar-refractivity contribution in [2.45, 2.75) is 6.54 Å². The highest BCUT2D eigenvalue weighted by Gasteiger charge is 2.07. The van der Waals surface area contributed by atoms with E-state index in [1.54, 1.807) is 24.3 Å². The van der Waals surface area contributed by atoms with Crippen molar-refractivity contribution in [2.75, 3.05) is 5.32 Å². The van der Waals surface area contributed by atoms with E-state index in [0.29, 0.717) is 10.0 Å². The molecule has 0 radical (unpaired) electrons. The number of carbonyl (C=O) groups excluding carboxylic acids is 1. The summed E-state index contributed by atoms with van der Waals surface area (Å²) in [6.07, 6.45) is 1.88. The summed E-state index contributed by atoms with van der Waals surface area (Å²) in [5, 5.41) is 5.18. The van der Waals surface area contributed by atoms with Crippen molar-refractivity contribution in [1.82, 2.24) is 4.57 Å². The van der Waals surface area contributed by atoms with Gasteiger partial charge in [0.05, 0.1) is 0 Å². The van der Waals surface area contributed by atoms with E-state index in [4.69, 9.17) is 23.2 Å². The molecule has 0 aliphatic heterocycles. The summed E-state index contributed by atoms with van der Waals surface area (Å²) in [5.41, 5.74) is 1.70. The van der Waals surface area contributed by atoms with Gasteiger partial charge in [-0.15, -0.1) is 0 Å². The zero-order valence-corrected chi connectivity index (χ0v) is 12.5. The third-order valence-corrected chi connectivity index (χ3v) is 3.66. The van der Waals surface area contributed by atoms with Gasteiger partial charge >= 0.3 is 0 Å². The maximum absolute atomic E-state index is 12.1. The fourth-order valence-electron chi connectivity index (χ4n) is 2.20. The molecular formula is C16H12Cl2N2O. The minimum absolute atomic E-state index is 0.0928. The molecule has 0 aliphatic carbocycles. The molecule has 0 atom stereocenters. The Morgan fingerprint density at radius 2 is 1.71 bits per heavy atom. The minimum atomic E-state index is -0.0928. The van der Waals surface area contributed by atoms with Gasteiger partial charge in [-0.2, -0.15) is 0 Å². The fourth-order valence-corrected chi connectivity index (χ4v) is 2.50. The van der Waals surface area contributed by atoms with Crippen LogP contribution in [0.25, 0.3) is 10.9 Å². The Kier molecular flexibility index (Phi) is 3.86. The number of fused-ring (bicyclic) bond motifs is 1. The lowest BCUT2D eigenvalue weighted by molar-refractivity contribution is -0.116. The Bertz CT molecular complexity index is 794. The molecule has 1 N–H and O–H groups in total. The minimum Gasteiger partial charge on any atom is -0.338 e. The van der Waals surface area contributed by atoms with Crippen LogP contribution in [0.4, 0.5) is 5.69 Å². The van der Waals surface area contributed by atoms with E-state index in [1.807, 2.05) is 35.0 Å². The number of hydrogen-bond acceptors (Lipinski definition) is 1. The second-order valence-electron chi connectivity index (χ2n) is 4.70. The van der Waals surface area contributed by atoms with Crippen molar-refractivity contribution < 1.29 is 4.79 Å². The number of nitrogens with zero attached hydrogens (tertiary/aromatic N) is 1. The van der Waals surface area contributed by atoms with Gasteiger partial charge in [0.15, 0.2) is 0 Å². The molecule has 21 heavy (non-hydrogen) atoms. The van der Waals surface area contributed by atoms with Crippen molar-refractivity contribution >= 4 is 45.7 Å². The first kappa shape index (κ1) is 14.0. The number of benzene rings is 2. The van der Waals surface area contributed by atoms with Crippen LogP contribution in [0, 0.1) is 0 Å². The van der Waals surface area contributed by atoms with Gasteiger partial charge in [-0.3, -0.25) is 4.79 Å². The van der Waals surface area contributed by atoms with Crippen LogP contribution < -0.4 is 5.32 Å². The summed E-state index contributed by atoms with van der Waals surface area (Å²) in [6.45, 7) is 0.244. The van der Waals surface area contributed by atoms with E-state index in [2.05, 4.69) is 5.32 Å². The molecule has 3 rings (SSSR count). The molecule has 1 aromatic heterocycles. The highest BCUT2D eigenvalue weighted by Crippen LogP contribution is 2.20. The predicted octanol–water partition coefficient (Wildman–Crippen LogP) is 4.59. The van der Waals surface area contributed by atoms with Crippen LogP contribution in [0.2, 0.25) is 10.0 Å². The summed E-state index contributed by atoms with van der Waals surface area (Å²) in [7, 11) is 0. The van der Waals surface area contributed by atoms with E-state index in [0.717, 1.165) is 16.6 Å². The number of anilines is 1. The van der Waals surface area contributed by atoms with Gasteiger partial charge in [-0.1, -0.05) is 23.2 Å². The summed E-state index contributed by atoms with van der Waals surface area (Å²) < 4.78 is 1.89. The smallest absolute Gasteiger partial charge is 0.244 e. The van der Waals surface area contributed by atoms with Gasteiger partial charge in [-0.25, -0.2) is 0 Å². The Balaban J connectivity index is 1.75. The molecule has 0 unspecified atom stereocenters. The number of rotatable bonds is 3. The van der Waals surface area contributed by atoms with Crippen molar-refractivity contribution in [2.24, 2.45) is 0 Å². The van der Waals surface area contributed by atoms with Crippen LogP contribution in [0.15, 0.2) is 54.7 Å².